The molecule has 1 amide bonds. The molecule has 0 radical (unpaired) electrons. The predicted molar refractivity (Wildman–Crippen MR) is 70.1 cm³/mol. The number of anilines is 2. The van der Waals surface area contributed by atoms with E-state index in [-0.39, 0.29) is 28.3 Å². The van der Waals surface area contributed by atoms with Crippen molar-refractivity contribution >= 4 is 45.8 Å². The van der Waals surface area contributed by atoms with Gasteiger partial charge in [0.15, 0.2) is 18.2 Å². The van der Waals surface area contributed by atoms with E-state index >= 15 is 0 Å². The van der Waals surface area contributed by atoms with Crippen LogP contribution in [0.25, 0.3) is 0 Å². The third-order valence-corrected chi connectivity index (χ3v) is 2.99. The van der Waals surface area contributed by atoms with Gasteiger partial charge in [-0.3, -0.25) is 4.79 Å². The van der Waals surface area contributed by atoms with Gasteiger partial charge >= 0.3 is 0 Å². The van der Waals surface area contributed by atoms with Crippen molar-refractivity contribution in [3.63, 3.8) is 0 Å². The molecule has 0 aliphatic carbocycles. The number of rotatable bonds is 4. The van der Waals surface area contributed by atoms with Crippen molar-refractivity contribution in [3.8, 4) is 0 Å². The Morgan fingerprint density at radius 2 is 2.33 bits per heavy atom. The van der Waals surface area contributed by atoms with E-state index in [9.17, 15) is 8.68 Å². The third kappa shape index (κ3) is 2.46. The van der Waals surface area contributed by atoms with Crippen LogP contribution in [0.5, 0.6) is 0 Å². The van der Waals surface area contributed by atoms with E-state index in [1.165, 1.54) is 0 Å². The van der Waals surface area contributed by atoms with Gasteiger partial charge in [-0.15, -0.1) is 8.98 Å². The summed E-state index contributed by atoms with van der Waals surface area (Å²) in [6.45, 7) is 0. The van der Waals surface area contributed by atoms with Crippen molar-refractivity contribution in [2.75, 3.05) is 5.32 Å². The van der Waals surface area contributed by atoms with Crippen LogP contribution in [0.3, 0.4) is 0 Å². The van der Waals surface area contributed by atoms with Crippen molar-refractivity contribution in [3.05, 3.63) is 34.6 Å². The highest BCUT2D eigenvalue weighted by molar-refractivity contribution is 9.10. The van der Waals surface area contributed by atoms with Crippen LogP contribution in [0.1, 0.15) is 10.4 Å². The van der Waals surface area contributed by atoms with Crippen molar-refractivity contribution < 1.29 is 8.68 Å². The molecule has 0 aliphatic heterocycles. The van der Waals surface area contributed by atoms with E-state index in [4.69, 9.17) is 5.73 Å². The van der Waals surface area contributed by atoms with Crippen LogP contribution in [-0.2, 0) is 0 Å². The lowest BCUT2D eigenvalue weighted by Gasteiger charge is -2.06. The molecule has 2 aromatic rings. The number of aromatic nitrogens is 3. The molecule has 2 aromatic heterocycles. The highest BCUT2D eigenvalue weighted by Gasteiger charge is 2.21. The van der Waals surface area contributed by atoms with Crippen molar-refractivity contribution in [2.45, 2.75) is 0 Å². The number of nitrogens with two attached hydrogens (primary N) is 1. The van der Waals surface area contributed by atoms with E-state index in [2.05, 4.69) is 31.3 Å². The molecule has 0 saturated heterocycles. The maximum absolute atomic E-state index is 12.7. The fourth-order valence-corrected chi connectivity index (χ4v) is 2.27. The first-order valence-corrected chi connectivity index (χ1v) is 6.15. The highest BCUT2D eigenvalue weighted by Crippen LogP contribution is 2.29. The molecule has 0 spiro atoms. The summed E-state index contributed by atoms with van der Waals surface area (Å²) < 4.78 is 13.8. The van der Waals surface area contributed by atoms with Crippen molar-refractivity contribution in [2.24, 2.45) is 5.73 Å². The average molecular weight is 332 g/mol. The number of nitrogens with one attached hydrogen (secondary N) is 1. The quantitative estimate of drug-likeness (QED) is 0.897. The Labute approximate surface area is 114 Å². The molecule has 3 N–H and O–H groups in total. The van der Waals surface area contributed by atoms with Crippen molar-refractivity contribution in [1.29, 1.82) is 0 Å². The second kappa shape index (κ2) is 5.36. The van der Waals surface area contributed by atoms with Crippen LogP contribution in [0.2, 0.25) is 0 Å². The van der Waals surface area contributed by atoms with Crippen molar-refractivity contribution in [1.82, 2.24) is 14.2 Å². The normalized spacial score (nSPS) is 10.3. The van der Waals surface area contributed by atoms with Gasteiger partial charge in [0.2, 0.25) is 0 Å². The molecule has 0 saturated carbocycles. The highest BCUT2D eigenvalue weighted by atomic mass is 79.9. The lowest BCUT2D eigenvalue weighted by Crippen LogP contribution is -2.13. The Balaban J connectivity index is 2.45. The van der Waals surface area contributed by atoms with Gasteiger partial charge in [0, 0.05) is 6.20 Å². The number of hydrogen-bond donors (Lipinski definition) is 2. The minimum atomic E-state index is -0.722. The van der Waals surface area contributed by atoms with Gasteiger partial charge in [-0.2, -0.15) is 4.09 Å². The van der Waals surface area contributed by atoms with Gasteiger partial charge in [-0.05, 0) is 28.1 Å². The lowest BCUT2D eigenvalue weighted by molar-refractivity contribution is 0.100. The third-order valence-electron chi connectivity index (χ3n) is 2.04. The largest absolute Gasteiger partial charge is 0.365 e. The average Bonchev–Trinajstić information content (AvgIpc) is 2.67. The number of amides is 1. The number of hydrogen-bond acceptors (Lipinski definition) is 5. The molecule has 2 heterocycles. The molecule has 0 bridgehead atoms. The summed E-state index contributed by atoms with van der Waals surface area (Å²) in [6, 6.07) is 5.15. The first-order valence-electron chi connectivity index (χ1n) is 4.69. The first-order chi connectivity index (χ1) is 8.63. The zero-order valence-corrected chi connectivity index (χ0v) is 11.2. The number of nitrogens with zero attached hydrogens (tertiary/aromatic N) is 3. The maximum atomic E-state index is 12.7. The van der Waals surface area contributed by atoms with Crippen LogP contribution in [0, 0.1) is 0 Å². The first kappa shape index (κ1) is 12.8. The summed E-state index contributed by atoms with van der Waals surface area (Å²) in [7, 11) is 0. The second-order valence-corrected chi connectivity index (χ2v) is 4.40. The Bertz CT molecular complexity index is 576. The molecule has 0 unspecified atom stereocenters. The molecular formula is C9H7BrFN5OS. The Morgan fingerprint density at radius 1 is 1.56 bits per heavy atom. The monoisotopic (exact) mass is 331 g/mol. The Morgan fingerprint density at radius 3 is 2.89 bits per heavy atom. The number of carbonyl (C=O) groups is 1. The van der Waals surface area contributed by atoms with E-state index in [0.29, 0.717) is 5.82 Å². The van der Waals surface area contributed by atoms with Gasteiger partial charge in [-0.1, -0.05) is 6.07 Å². The van der Waals surface area contributed by atoms with Gasteiger partial charge < -0.3 is 11.1 Å². The number of pyridine rings is 1. The topological polar surface area (TPSA) is 85.8 Å². The maximum Gasteiger partial charge on any atom is 0.255 e. The Kier molecular flexibility index (Phi) is 3.82. The summed E-state index contributed by atoms with van der Waals surface area (Å²) >= 11 is 2.89. The predicted octanol–water partition coefficient (Wildman–Crippen LogP) is 2.26. The van der Waals surface area contributed by atoms with Gasteiger partial charge in [0.1, 0.15) is 16.0 Å². The molecule has 2 rings (SSSR count). The van der Waals surface area contributed by atoms with Crippen LogP contribution >= 0.6 is 28.3 Å². The summed E-state index contributed by atoms with van der Waals surface area (Å²) in [4.78, 5) is 15.3. The number of carbonyl (C=O) groups excluding carboxylic acids is 1. The van der Waals surface area contributed by atoms with Crippen LogP contribution in [0.15, 0.2) is 29.0 Å². The molecule has 94 valence electrons. The zero-order chi connectivity index (χ0) is 13.1. The molecule has 0 fully saturated rings. The minimum absolute atomic E-state index is 0.0609. The van der Waals surface area contributed by atoms with Crippen LogP contribution < -0.4 is 11.1 Å². The molecule has 0 atom stereocenters. The lowest BCUT2D eigenvalue weighted by atomic mass is 10.3. The fraction of sp³-hybridized carbons (Fsp3) is 0. The van der Waals surface area contributed by atoms with Gasteiger partial charge in [-0.25, -0.2) is 4.98 Å². The van der Waals surface area contributed by atoms with Crippen LogP contribution in [-0.4, -0.2) is 20.1 Å². The minimum Gasteiger partial charge on any atom is -0.365 e. The van der Waals surface area contributed by atoms with Gasteiger partial charge in [0.05, 0.1) is 0 Å². The molecule has 6 nitrogen and oxygen atoms in total. The fourth-order valence-electron chi connectivity index (χ4n) is 1.31. The molecule has 0 aliphatic rings. The summed E-state index contributed by atoms with van der Waals surface area (Å²) in [6.07, 6.45) is 1.56. The SMILES string of the molecule is NC(=O)c1c(Br)nn(SF)c1Nc1ccccn1. The molecule has 9 heteroatoms. The zero-order valence-electron chi connectivity index (χ0n) is 8.80. The summed E-state index contributed by atoms with van der Waals surface area (Å²) in [5.41, 5.74) is 5.28. The molecule has 0 aromatic carbocycles. The van der Waals surface area contributed by atoms with E-state index in [1.54, 1.807) is 24.4 Å². The smallest absolute Gasteiger partial charge is 0.255 e. The van der Waals surface area contributed by atoms with E-state index in [0.717, 1.165) is 4.09 Å². The second-order valence-electron chi connectivity index (χ2n) is 3.16. The standard InChI is InChI=1S/C9H7BrFN5OS/c10-7-6(8(12)17)9(16(15-7)18-11)14-5-3-1-2-4-13-5/h1-4H,(H2,12,17)(H,13,14). The molecular weight excluding hydrogens is 325 g/mol. The number of halogens is 2. The van der Waals surface area contributed by atoms with E-state index in [1.807, 2.05) is 0 Å². The summed E-state index contributed by atoms with van der Waals surface area (Å²) in [5.74, 6) is -0.149. The summed E-state index contributed by atoms with van der Waals surface area (Å²) in [5, 5.41) is 6.57. The van der Waals surface area contributed by atoms with Crippen LogP contribution in [0.4, 0.5) is 15.5 Å². The Hall–Kier alpha value is -1.61. The number of primary amides is 1. The van der Waals surface area contributed by atoms with Gasteiger partial charge in [0.25, 0.3) is 5.91 Å². The molecule has 18 heavy (non-hydrogen) atoms. The van der Waals surface area contributed by atoms with E-state index < -0.39 is 5.91 Å².